The second kappa shape index (κ2) is 7.57. The molecule has 4 bridgehead atoms. The number of rotatable bonds is 9. The number of carbonyl (C=O) groups excluding carboxylic acids is 3. The van der Waals surface area contributed by atoms with Gasteiger partial charge in [-0.05, 0) is 44.4 Å². The SMILES string of the molecule is C=CC(=O)OCC12CC3CC(COC(=O)C=C)(C1)CC(COC(=O)C=C)(C3)C2. The first-order chi connectivity index (χ1) is 13.3. The first kappa shape index (κ1) is 20.4. The maximum absolute atomic E-state index is 11.7. The second-order valence-corrected chi connectivity index (χ2v) is 8.94. The summed E-state index contributed by atoms with van der Waals surface area (Å²) >= 11 is 0. The van der Waals surface area contributed by atoms with E-state index >= 15 is 0 Å². The highest BCUT2D eigenvalue weighted by Crippen LogP contribution is 2.70. The van der Waals surface area contributed by atoms with Crippen LogP contribution >= 0.6 is 0 Å². The van der Waals surface area contributed by atoms with Crippen molar-refractivity contribution in [2.24, 2.45) is 22.2 Å². The Bertz CT molecular complexity index is 605. The van der Waals surface area contributed by atoms with Crippen molar-refractivity contribution >= 4 is 17.9 Å². The predicted octanol–water partition coefficient (Wildman–Crippen LogP) is 3.13. The van der Waals surface area contributed by atoms with Crippen molar-refractivity contribution < 1.29 is 28.6 Å². The minimum Gasteiger partial charge on any atom is -0.462 e. The number of hydrogen-bond acceptors (Lipinski definition) is 6. The summed E-state index contributed by atoms with van der Waals surface area (Å²) in [5.41, 5.74) is -0.586. The third-order valence-corrected chi connectivity index (χ3v) is 6.48. The van der Waals surface area contributed by atoms with E-state index in [2.05, 4.69) is 19.7 Å². The molecule has 0 aromatic heterocycles. The predicted molar refractivity (Wildman–Crippen MR) is 102 cm³/mol. The number of ether oxygens (including phenoxy) is 3. The highest BCUT2D eigenvalue weighted by atomic mass is 16.5. The van der Waals surface area contributed by atoms with Gasteiger partial charge in [0.2, 0.25) is 0 Å². The van der Waals surface area contributed by atoms with Gasteiger partial charge in [-0.2, -0.15) is 0 Å². The Hall–Kier alpha value is -2.37. The summed E-state index contributed by atoms with van der Waals surface area (Å²) in [5, 5.41) is 0. The van der Waals surface area contributed by atoms with Gasteiger partial charge in [-0.15, -0.1) is 0 Å². The Morgan fingerprint density at radius 1 is 0.679 bits per heavy atom. The van der Waals surface area contributed by atoms with Crippen LogP contribution < -0.4 is 0 Å². The van der Waals surface area contributed by atoms with Crippen LogP contribution in [0, 0.1) is 22.2 Å². The Kier molecular flexibility index (Phi) is 5.50. The molecule has 0 saturated heterocycles. The third-order valence-electron chi connectivity index (χ3n) is 6.48. The summed E-state index contributed by atoms with van der Waals surface area (Å²) in [7, 11) is 0. The van der Waals surface area contributed by atoms with Gasteiger partial charge in [0.25, 0.3) is 0 Å². The van der Waals surface area contributed by atoms with E-state index in [1.54, 1.807) is 0 Å². The van der Waals surface area contributed by atoms with Gasteiger partial charge >= 0.3 is 17.9 Å². The lowest BCUT2D eigenvalue weighted by atomic mass is 9.40. The fourth-order valence-electron chi connectivity index (χ4n) is 6.39. The van der Waals surface area contributed by atoms with E-state index in [9.17, 15) is 14.4 Å². The van der Waals surface area contributed by atoms with Gasteiger partial charge < -0.3 is 14.2 Å². The van der Waals surface area contributed by atoms with Crippen LogP contribution in [0.15, 0.2) is 38.0 Å². The molecule has 0 amide bonds. The molecule has 0 spiro atoms. The summed E-state index contributed by atoms with van der Waals surface area (Å²) in [6, 6.07) is 0. The Labute approximate surface area is 165 Å². The van der Waals surface area contributed by atoms with Crippen molar-refractivity contribution in [3.63, 3.8) is 0 Å². The van der Waals surface area contributed by atoms with Gasteiger partial charge in [-0.25, -0.2) is 14.4 Å². The molecule has 0 aromatic carbocycles. The molecule has 4 saturated carbocycles. The maximum atomic E-state index is 11.7. The van der Waals surface area contributed by atoms with Gasteiger partial charge in [0.05, 0.1) is 19.8 Å². The Morgan fingerprint density at radius 3 is 1.21 bits per heavy atom. The zero-order valence-electron chi connectivity index (χ0n) is 16.2. The summed E-state index contributed by atoms with van der Waals surface area (Å²) < 4.78 is 16.4. The molecular weight excluding hydrogens is 360 g/mol. The number of carbonyl (C=O) groups is 3. The molecule has 0 unspecified atom stereocenters. The van der Waals surface area contributed by atoms with E-state index in [0.717, 1.165) is 38.5 Å². The van der Waals surface area contributed by atoms with E-state index in [0.29, 0.717) is 25.7 Å². The minimum absolute atomic E-state index is 0.195. The fourth-order valence-corrected chi connectivity index (χ4v) is 6.39. The van der Waals surface area contributed by atoms with Crippen LogP contribution in [0.4, 0.5) is 0 Å². The summed E-state index contributed by atoms with van der Waals surface area (Å²) in [6.07, 6.45) is 8.87. The quantitative estimate of drug-likeness (QED) is 0.343. The first-order valence-electron chi connectivity index (χ1n) is 9.65. The molecule has 152 valence electrons. The molecule has 4 aliphatic rings. The second-order valence-electron chi connectivity index (χ2n) is 8.94. The van der Waals surface area contributed by atoms with E-state index in [1.807, 2.05) is 0 Å². The van der Waals surface area contributed by atoms with Crippen molar-refractivity contribution in [2.45, 2.75) is 38.5 Å². The molecule has 0 radical (unpaired) electrons. The average Bonchev–Trinajstić information content (AvgIpc) is 2.67. The van der Waals surface area contributed by atoms with Crippen LogP contribution in [0.3, 0.4) is 0 Å². The van der Waals surface area contributed by atoms with Crippen LogP contribution in [0.1, 0.15) is 38.5 Å². The van der Waals surface area contributed by atoms with Gasteiger partial charge in [0, 0.05) is 34.5 Å². The number of hydrogen-bond donors (Lipinski definition) is 0. The molecular formula is C22H28O6. The lowest BCUT2D eigenvalue weighted by Gasteiger charge is -2.65. The average molecular weight is 388 g/mol. The van der Waals surface area contributed by atoms with Crippen LogP contribution in [0.2, 0.25) is 0 Å². The van der Waals surface area contributed by atoms with Crippen molar-refractivity contribution in [1.82, 2.24) is 0 Å². The lowest BCUT2D eigenvalue weighted by Crippen LogP contribution is -2.61. The summed E-state index contributed by atoms with van der Waals surface area (Å²) in [5.74, 6) is -0.886. The molecule has 0 aliphatic heterocycles. The van der Waals surface area contributed by atoms with Gasteiger partial charge in [0.1, 0.15) is 0 Å². The molecule has 4 rings (SSSR count). The van der Waals surface area contributed by atoms with Crippen LogP contribution in [0.5, 0.6) is 0 Å². The minimum atomic E-state index is -0.435. The van der Waals surface area contributed by atoms with E-state index in [1.165, 1.54) is 18.2 Å². The fraction of sp³-hybridized carbons (Fsp3) is 0.591. The van der Waals surface area contributed by atoms with E-state index in [-0.39, 0.29) is 16.2 Å². The lowest BCUT2D eigenvalue weighted by molar-refractivity contribution is -0.210. The maximum Gasteiger partial charge on any atom is 0.330 e. The zero-order chi connectivity index (χ0) is 20.4. The van der Waals surface area contributed by atoms with Gasteiger partial charge in [-0.1, -0.05) is 19.7 Å². The third kappa shape index (κ3) is 4.05. The standard InChI is InChI=1S/C22H28O6/c1-4-17(23)26-13-20-7-16-8-21(10-20,14-27-18(24)5-2)12-22(9-16,11-20)15-28-19(25)6-3/h4-6,16H,1-3,7-15H2. The Balaban J connectivity index is 1.84. The van der Waals surface area contributed by atoms with Crippen LogP contribution in [-0.4, -0.2) is 37.7 Å². The summed E-state index contributed by atoms with van der Waals surface area (Å²) in [4.78, 5) is 35.0. The van der Waals surface area contributed by atoms with Crippen LogP contribution in [0.25, 0.3) is 0 Å². The Morgan fingerprint density at radius 2 is 0.964 bits per heavy atom. The normalized spacial score (nSPS) is 34.9. The molecule has 6 nitrogen and oxygen atoms in total. The zero-order valence-corrected chi connectivity index (χ0v) is 16.2. The highest BCUT2D eigenvalue weighted by Gasteiger charge is 2.64. The van der Waals surface area contributed by atoms with Crippen molar-refractivity contribution in [1.29, 1.82) is 0 Å². The van der Waals surface area contributed by atoms with E-state index < -0.39 is 17.9 Å². The molecule has 4 aliphatic carbocycles. The van der Waals surface area contributed by atoms with Crippen LogP contribution in [-0.2, 0) is 28.6 Å². The molecule has 0 aromatic rings. The molecule has 0 N–H and O–H groups in total. The molecule has 4 fully saturated rings. The van der Waals surface area contributed by atoms with Gasteiger partial charge in [0.15, 0.2) is 0 Å². The monoisotopic (exact) mass is 388 g/mol. The number of esters is 3. The smallest absolute Gasteiger partial charge is 0.330 e. The molecule has 6 heteroatoms. The molecule has 0 heterocycles. The largest absolute Gasteiger partial charge is 0.462 e. The van der Waals surface area contributed by atoms with Crippen molar-refractivity contribution in [2.75, 3.05) is 19.8 Å². The molecule has 0 atom stereocenters. The molecule has 28 heavy (non-hydrogen) atoms. The van der Waals surface area contributed by atoms with E-state index in [4.69, 9.17) is 14.2 Å². The summed E-state index contributed by atoms with van der Waals surface area (Å²) in [6.45, 7) is 11.3. The van der Waals surface area contributed by atoms with Crippen molar-refractivity contribution in [3.05, 3.63) is 38.0 Å². The van der Waals surface area contributed by atoms with Crippen molar-refractivity contribution in [3.8, 4) is 0 Å². The topological polar surface area (TPSA) is 78.9 Å². The highest BCUT2D eigenvalue weighted by molar-refractivity contribution is 5.82. The first-order valence-corrected chi connectivity index (χ1v) is 9.65. The van der Waals surface area contributed by atoms with Gasteiger partial charge in [-0.3, -0.25) is 0 Å².